The van der Waals surface area contributed by atoms with Gasteiger partial charge in [-0.25, -0.2) is 4.79 Å². The molecule has 0 heterocycles. The minimum absolute atomic E-state index is 0.0200. The van der Waals surface area contributed by atoms with Gasteiger partial charge in [0.25, 0.3) is 0 Å². The highest BCUT2D eigenvalue weighted by Crippen LogP contribution is 2.33. The summed E-state index contributed by atoms with van der Waals surface area (Å²) < 4.78 is 38.3. The Morgan fingerprint density at radius 3 is 2.48 bits per heavy atom. The van der Waals surface area contributed by atoms with Gasteiger partial charge in [-0.15, -0.1) is 0 Å². The third kappa shape index (κ3) is 4.38. The Morgan fingerprint density at radius 2 is 2.00 bits per heavy atom. The fourth-order valence-corrected chi connectivity index (χ4v) is 1.51. The van der Waals surface area contributed by atoms with Crippen molar-refractivity contribution in [2.75, 3.05) is 5.32 Å². The molecule has 0 radical (unpaired) electrons. The van der Waals surface area contributed by atoms with Crippen LogP contribution in [0.5, 0.6) is 0 Å². The topological polar surface area (TPSA) is 108 Å². The van der Waals surface area contributed by atoms with E-state index in [9.17, 15) is 22.8 Å². The smallest absolute Gasteiger partial charge is 0.374 e. The van der Waals surface area contributed by atoms with Gasteiger partial charge in [-0.2, -0.15) is 18.4 Å². The highest BCUT2D eigenvalue weighted by molar-refractivity contribution is 5.97. The van der Waals surface area contributed by atoms with Crippen LogP contribution >= 0.6 is 0 Å². The molecular formula is C12H11F3N4O2. The second-order valence-electron chi connectivity index (χ2n) is 4.09. The lowest BCUT2D eigenvalue weighted by atomic mass is 10.1. The second kappa shape index (κ2) is 6.13. The number of carbonyl (C=O) groups is 2. The van der Waals surface area contributed by atoms with Crippen LogP contribution in [0.1, 0.15) is 18.1 Å². The molecular weight excluding hydrogens is 289 g/mol. The van der Waals surface area contributed by atoms with Crippen molar-refractivity contribution in [2.24, 2.45) is 5.73 Å². The van der Waals surface area contributed by atoms with E-state index in [1.54, 1.807) is 5.32 Å². The molecule has 21 heavy (non-hydrogen) atoms. The van der Waals surface area contributed by atoms with Gasteiger partial charge in [0.1, 0.15) is 6.04 Å². The number of nitrogens with zero attached hydrogens (tertiary/aromatic N) is 1. The fraction of sp³-hybridized carbons (Fsp3) is 0.250. The summed E-state index contributed by atoms with van der Waals surface area (Å²) in [6.07, 6.45) is -4.69. The third-order valence-electron chi connectivity index (χ3n) is 2.47. The highest BCUT2D eigenvalue weighted by atomic mass is 19.4. The van der Waals surface area contributed by atoms with Crippen molar-refractivity contribution in [3.8, 4) is 6.07 Å². The molecule has 1 aromatic rings. The quantitative estimate of drug-likeness (QED) is 0.787. The van der Waals surface area contributed by atoms with E-state index in [0.717, 1.165) is 6.07 Å². The molecule has 0 bridgehead atoms. The zero-order valence-corrected chi connectivity index (χ0v) is 10.8. The summed E-state index contributed by atoms with van der Waals surface area (Å²) in [5, 5.41) is 12.9. The van der Waals surface area contributed by atoms with Gasteiger partial charge in [-0.1, -0.05) is 0 Å². The van der Waals surface area contributed by atoms with E-state index >= 15 is 0 Å². The maximum atomic E-state index is 12.8. The predicted octanol–water partition coefficient (Wildman–Crippen LogP) is 1.57. The van der Waals surface area contributed by atoms with Gasteiger partial charge in [-0.3, -0.25) is 10.1 Å². The molecule has 0 aliphatic carbocycles. The molecule has 6 nitrogen and oxygen atoms in total. The van der Waals surface area contributed by atoms with Crippen molar-refractivity contribution in [2.45, 2.75) is 19.1 Å². The first kappa shape index (κ1) is 16.3. The Kier molecular flexibility index (Phi) is 4.75. The van der Waals surface area contributed by atoms with Crippen molar-refractivity contribution in [3.63, 3.8) is 0 Å². The van der Waals surface area contributed by atoms with Crippen LogP contribution in [-0.2, 0) is 11.0 Å². The monoisotopic (exact) mass is 300 g/mol. The zero-order chi connectivity index (χ0) is 16.2. The van der Waals surface area contributed by atoms with Crippen LogP contribution in [0.3, 0.4) is 0 Å². The maximum absolute atomic E-state index is 12.8. The summed E-state index contributed by atoms with van der Waals surface area (Å²) in [5.74, 6) is -0.791. The van der Waals surface area contributed by atoms with Crippen molar-refractivity contribution >= 4 is 17.6 Å². The van der Waals surface area contributed by atoms with Gasteiger partial charge in [0.15, 0.2) is 0 Å². The summed E-state index contributed by atoms with van der Waals surface area (Å²) in [7, 11) is 0. The number of carbonyl (C=O) groups excluding carboxylic acids is 2. The maximum Gasteiger partial charge on any atom is 0.417 e. The highest BCUT2D eigenvalue weighted by Gasteiger charge is 2.34. The molecule has 3 amide bonds. The average Bonchev–Trinajstić information content (AvgIpc) is 2.36. The SMILES string of the molecule is CC(Nc1ccc(C#N)c(C(F)(F)F)c1)C(=O)NC(N)=O. The van der Waals surface area contributed by atoms with Crippen molar-refractivity contribution in [3.05, 3.63) is 29.3 Å². The summed E-state index contributed by atoms with van der Waals surface area (Å²) in [6, 6.07) is 2.31. The predicted molar refractivity (Wildman–Crippen MR) is 67.0 cm³/mol. The zero-order valence-electron chi connectivity index (χ0n) is 10.8. The molecule has 0 aliphatic heterocycles. The molecule has 0 saturated carbocycles. The van der Waals surface area contributed by atoms with Crippen LogP contribution in [0.15, 0.2) is 18.2 Å². The molecule has 112 valence electrons. The summed E-state index contributed by atoms with van der Waals surface area (Å²) in [6.45, 7) is 1.34. The van der Waals surface area contributed by atoms with Gasteiger partial charge in [0.2, 0.25) is 5.91 Å². The first-order valence-corrected chi connectivity index (χ1v) is 5.63. The van der Waals surface area contributed by atoms with Crippen LogP contribution in [0.4, 0.5) is 23.7 Å². The number of halogens is 3. The van der Waals surface area contributed by atoms with E-state index in [0.29, 0.717) is 6.07 Å². The normalized spacial score (nSPS) is 12.1. The molecule has 0 fully saturated rings. The van der Waals surface area contributed by atoms with Crippen molar-refractivity contribution in [1.82, 2.24) is 5.32 Å². The molecule has 0 saturated heterocycles. The first-order chi connectivity index (χ1) is 9.65. The van der Waals surface area contributed by atoms with E-state index in [1.807, 2.05) is 0 Å². The number of imide groups is 1. The number of amides is 3. The second-order valence-corrected chi connectivity index (χ2v) is 4.09. The third-order valence-corrected chi connectivity index (χ3v) is 2.47. The molecule has 4 N–H and O–H groups in total. The van der Waals surface area contributed by atoms with E-state index in [2.05, 4.69) is 5.32 Å². The number of nitrogens with two attached hydrogens (primary N) is 1. The number of nitriles is 1. The Labute approximate surface area is 117 Å². The van der Waals surface area contributed by atoms with Crippen molar-refractivity contribution in [1.29, 1.82) is 5.26 Å². The number of hydrogen-bond donors (Lipinski definition) is 3. The Hall–Kier alpha value is -2.76. The van der Waals surface area contributed by atoms with Crippen LogP contribution < -0.4 is 16.4 Å². The lowest BCUT2D eigenvalue weighted by molar-refractivity contribution is -0.137. The van der Waals surface area contributed by atoms with Crippen LogP contribution in [0, 0.1) is 11.3 Å². The standard InChI is InChI=1S/C12H11F3N4O2/c1-6(10(20)19-11(17)21)18-8-3-2-7(5-16)9(4-8)12(13,14)15/h2-4,6,18H,1H3,(H3,17,19,20,21). The summed E-state index contributed by atoms with van der Waals surface area (Å²) >= 11 is 0. The molecule has 9 heteroatoms. The molecule has 1 rings (SSSR count). The molecule has 0 aromatic heterocycles. The van der Waals surface area contributed by atoms with Gasteiger partial charge >= 0.3 is 12.2 Å². The summed E-state index contributed by atoms with van der Waals surface area (Å²) in [5.41, 5.74) is 3.10. The average molecular weight is 300 g/mol. The van der Waals surface area contributed by atoms with Crippen LogP contribution in [0.25, 0.3) is 0 Å². The Morgan fingerprint density at radius 1 is 1.38 bits per heavy atom. The lowest BCUT2D eigenvalue weighted by Crippen LogP contribution is -2.43. The van der Waals surface area contributed by atoms with E-state index in [4.69, 9.17) is 11.0 Å². The largest absolute Gasteiger partial charge is 0.417 e. The lowest BCUT2D eigenvalue weighted by Gasteiger charge is -2.16. The number of hydrogen-bond acceptors (Lipinski definition) is 4. The Balaban J connectivity index is 2.98. The van der Waals surface area contributed by atoms with Gasteiger partial charge in [0, 0.05) is 5.69 Å². The number of urea groups is 1. The van der Waals surface area contributed by atoms with Crippen LogP contribution in [-0.4, -0.2) is 18.0 Å². The van der Waals surface area contributed by atoms with Gasteiger partial charge in [0.05, 0.1) is 17.2 Å². The molecule has 0 spiro atoms. The minimum Gasteiger partial charge on any atom is -0.374 e. The molecule has 0 aliphatic rings. The van der Waals surface area contributed by atoms with Crippen LogP contribution in [0.2, 0.25) is 0 Å². The summed E-state index contributed by atoms with van der Waals surface area (Å²) in [4.78, 5) is 21.9. The van der Waals surface area contributed by atoms with E-state index < -0.39 is 35.3 Å². The molecule has 1 unspecified atom stereocenters. The number of alkyl halides is 3. The number of primary amides is 1. The number of rotatable bonds is 3. The van der Waals surface area contributed by atoms with Crippen molar-refractivity contribution < 1.29 is 22.8 Å². The Bertz CT molecular complexity index is 608. The number of anilines is 1. The van der Waals surface area contributed by atoms with E-state index in [-0.39, 0.29) is 5.69 Å². The first-order valence-electron chi connectivity index (χ1n) is 5.63. The van der Waals surface area contributed by atoms with Gasteiger partial charge < -0.3 is 11.1 Å². The van der Waals surface area contributed by atoms with E-state index in [1.165, 1.54) is 19.1 Å². The number of benzene rings is 1. The molecule has 1 atom stereocenters. The molecule has 1 aromatic carbocycles. The minimum atomic E-state index is -4.69. The fourth-order valence-electron chi connectivity index (χ4n) is 1.51. The number of nitrogens with one attached hydrogen (secondary N) is 2. The van der Waals surface area contributed by atoms with Gasteiger partial charge in [-0.05, 0) is 25.1 Å².